The number of hydrogen-bond donors (Lipinski definition) is 1. The number of amides is 1. The van der Waals surface area contributed by atoms with Crippen LogP contribution in [0.5, 0.6) is 0 Å². The van der Waals surface area contributed by atoms with Crippen molar-refractivity contribution in [3.05, 3.63) is 64.9 Å². The number of benzene rings is 1. The third kappa shape index (κ3) is 2.38. The lowest BCUT2D eigenvalue weighted by molar-refractivity contribution is -0.0767. The molecule has 2 aromatic rings. The Balaban J connectivity index is 2.04. The van der Waals surface area contributed by atoms with Crippen LogP contribution < -0.4 is 0 Å². The van der Waals surface area contributed by atoms with Crippen LogP contribution in [-0.2, 0) is 5.72 Å². The van der Waals surface area contributed by atoms with Gasteiger partial charge in [0.2, 0.25) is 0 Å². The lowest BCUT2D eigenvalue weighted by Crippen LogP contribution is -2.43. The molecule has 5 nitrogen and oxygen atoms in total. The van der Waals surface area contributed by atoms with E-state index in [4.69, 9.17) is 11.6 Å². The van der Waals surface area contributed by atoms with E-state index in [0.29, 0.717) is 21.9 Å². The molecule has 0 spiro atoms. The first kappa shape index (κ1) is 14.7. The Kier molecular flexibility index (Phi) is 3.68. The Hall–Kier alpha value is -2.24. The molecule has 1 atom stereocenters. The molecule has 2 heterocycles. The zero-order chi connectivity index (χ0) is 15.7. The average molecular weight is 316 g/mol. The fourth-order valence-corrected chi connectivity index (χ4v) is 2.72. The van der Waals surface area contributed by atoms with E-state index in [2.05, 4.69) is 10.1 Å². The highest BCUT2D eigenvalue weighted by Crippen LogP contribution is 2.36. The zero-order valence-corrected chi connectivity index (χ0v) is 12.7. The molecule has 0 radical (unpaired) electrons. The highest BCUT2D eigenvalue weighted by atomic mass is 35.5. The summed E-state index contributed by atoms with van der Waals surface area (Å²) >= 11 is 6.08. The number of carbonyl (C=O) groups excluding carboxylic acids is 1. The van der Waals surface area contributed by atoms with Crippen molar-refractivity contribution in [3.63, 3.8) is 0 Å². The number of aliphatic hydroxyl groups is 1. The van der Waals surface area contributed by atoms with E-state index in [0.717, 1.165) is 5.01 Å². The summed E-state index contributed by atoms with van der Waals surface area (Å²) in [6, 6.07) is 10.1. The number of aromatic nitrogens is 1. The molecule has 112 valence electrons. The standard InChI is InChI=1S/C16H14ClN3O2/c1-11-9-16(22,12-5-4-8-18-10-12)20(19-11)15(21)13-6-2-3-7-14(13)17/h2-8,10,22H,9H2,1H3/t16-/m1/s1. The second-order valence-corrected chi connectivity index (χ2v) is 5.57. The fourth-order valence-electron chi connectivity index (χ4n) is 2.51. The zero-order valence-electron chi connectivity index (χ0n) is 11.9. The quantitative estimate of drug-likeness (QED) is 0.926. The molecule has 0 saturated carbocycles. The van der Waals surface area contributed by atoms with Crippen molar-refractivity contribution < 1.29 is 9.90 Å². The molecular formula is C16H14ClN3O2. The third-order valence-electron chi connectivity index (χ3n) is 3.54. The van der Waals surface area contributed by atoms with Gasteiger partial charge in [-0.1, -0.05) is 29.8 Å². The Labute approximate surface area is 132 Å². The maximum atomic E-state index is 12.8. The summed E-state index contributed by atoms with van der Waals surface area (Å²) < 4.78 is 0. The summed E-state index contributed by atoms with van der Waals surface area (Å²) in [5.41, 5.74) is -0.0816. The normalized spacial score (nSPS) is 20.9. The predicted octanol–water partition coefficient (Wildman–Crippen LogP) is 2.80. The lowest BCUT2D eigenvalue weighted by atomic mass is 9.99. The van der Waals surface area contributed by atoms with E-state index >= 15 is 0 Å². The average Bonchev–Trinajstić information content (AvgIpc) is 2.84. The van der Waals surface area contributed by atoms with Crippen molar-refractivity contribution in [3.8, 4) is 0 Å². The summed E-state index contributed by atoms with van der Waals surface area (Å²) in [5.74, 6) is -0.450. The Morgan fingerprint density at radius 2 is 2.09 bits per heavy atom. The van der Waals surface area contributed by atoms with Gasteiger partial charge in [0.05, 0.1) is 10.6 Å². The van der Waals surface area contributed by atoms with Crippen LogP contribution in [0.2, 0.25) is 5.02 Å². The van der Waals surface area contributed by atoms with Crippen LogP contribution in [-0.4, -0.2) is 26.7 Å². The minimum atomic E-state index is -1.55. The summed E-state index contributed by atoms with van der Waals surface area (Å²) in [5, 5.41) is 16.6. The van der Waals surface area contributed by atoms with Crippen molar-refractivity contribution in [2.24, 2.45) is 5.10 Å². The minimum Gasteiger partial charge on any atom is -0.365 e. The van der Waals surface area contributed by atoms with Gasteiger partial charge in [0.25, 0.3) is 5.91 Å². The first-order valence-electron chi connectivity index (χ1n) is 6.78. The van der Waals surface area contributed by atoms with E-state index < -0.39 is 11.6 Å². The van der Waals surface area contributed by atoms with E-state index in [9.17, 15) is 9.90 Å². The second kappa shape index (κ2) is 5.51. The molecule has 0 unspecified atom stereocenters. The van der Waals surface area contributed by atoms with Crippen LogP contribution in [0.25, 0.3) is 0 Å². The monoisotopic (exact) mass is 315 g/mol. The third-order valence-corrected chi connectivity index (χ3v) is 3.87. The fraction of sp³-hybridized carbons (Fsp3) is 0.188. The molecule has 3 rings (SSSR count). The molecule has 6 heteroatoms. The second-order valence-electron chi connectivity index (χ2n) is 5.17. The predicted molar refractivity (Wildman–Crippen MR) is 83.5 cm³/mol. The number of pyridine rings is 1. The van der Waals surface area contributed by atoms with E-state index in [-0.39, 0.29) is 6.42 Å². The lowest BCUT2D eigenvalue weighted by Gasteiger charge is -2.31. The van der Waals surface area contributed by atoms with Gasteiger partial charge in [0.1, 0.15) is 0 Å². The number of nitrogens with zero attached hydrogens (tertiary/aromatic N) is 3. The smallest absolute Gasteiger partial charge is 0.278 e. The van der Waals surface area contributed by atoms with Gasteiger partial charge < -0.3 is 5.11 Å². The van der Waals surface area contributed by atoms with Crippen LogP contribution in [0.3, 0.4) is 0 Å². The van der Waals surface area contributed by atoms with Crippen LogP contribution in [0.15, 0.2) is 53.9 Å². The molecule has 0 fully saturated rings. The molecule has 1 aromatic carbocycles. The molecule has 1 amide bonds. The van der Waals surface area contributed by atoms with Crippen molar-refractivity contribution in [2.75, 3.05) is 0 Å². The maximum absolute atomic E-state index is 12.8. The van der Waals surface area contributed by atoms with Crippen molar-refractivity contribution in [1.82, 2.24) is 9.99 Å². The first-order valence-corrected chi connectivity index (χ1v) is 7.16. The summed E-state index contributed by atoms with van der Waals surface area (Å²) in [4.78, 5) is 16.8. The van der Waals surface area contributed by atoms with Crippen LogP contribution in [0.4, 0.5) is 0 Å². The number of rotatable bonds is 2. The number of hydrogen-bond acceptors (Lipinski definition) is 4. The molecule has 0 saturated heterocycles. The molecular weight excluding hydrogens is 302 g/mol. The molecule has 22 heavy (non-hydrogen) atoms. The van der Waals surface area contributed by atoms with E-state index in [1.807, 2.05) is 0 Å². The Morgan fingerprint density at radius 3 is 2.77 bits per heavy atom. The number of hydrazone groups is 1. The Bertz CT molecular complexity index is 748. The minimum absolute atomic E-state index is 0.231. The van der Waals surface area contributed by atoms with Gasteiger partial charge >= 0.3 is 0 Å². The Morgan fingerprint density at radius 1 is 1.32 bits per heavy atom. The van der Waals surface area contributed by atoms with Crippen molar-refractivity contribution >= 4 is 23.2 Å². The van der Waals surface area contributed by atoms with Gasteiger partial charge in [-0.25, -0.2) is 0 Å². The number of carbonyl (C=O) groups is 1. The summed E-state index contributed by atoms with van der Waals surface area (Å²) in [6.45, 7) is 1.77. The van der Waals surface area contributed by atoms with Crippen molar-refractivity contribution in [1.29, 1.82) is 0 Å². The van der Waals surface area contributed by atoms with Crippen LogP contribution in [0, 0.1) is 0 Å². The molecule has 0 bridgehead atoms. The highest BCUT2D eigenvalue weighted by Gasteiger charge is 2.45. The van der Waals surface area contributed by atoms with Crippen LogP contribution >= 0.6 is 11.6 Å². The maximum Gasteiger partial charge on any atom is 0.278 e. The largest absolute Gasteiger partial charge is 0.365 e. The van der Waals surface area contributed by atoms with Gasteiger partial charge in [0.15, 0.2) is 5.72 Å². The molecule has 0 aliphatic carbocycles. The van der Waals surface area contributed by atoms with E-state index in [1.165, 1.54) is 6.20 Å². The molecule has 1 N–H and O–H groups in total. The van der Waals surface area contributed by atoms with Gasteiger partial charge in [-0.3, -0.25) is 9.78 Å². The van der Waals surface area contributed by atoms with Crippen molar-refractivity contribution in [2.45, 2.75) is 19.1 Å². The molecule has 1 aliphatic heterocycles. The summed E-state index contributed by atoms with van der Waals surface area (Å²) in [7, 11) is 0. The van der Waals surface area contributed by atoms with Gasteiger partial charge in [-0.2, -0.15) is 10.1 Å². The number of halogens is 1. The topological polar surface area (TPSA) is 65.8 Å². The molecule has 1 aromatic heterocycles. The van der Waals surface area contributed by atoms with Crippen LogP contribution in [0.1, 0.15) is 29.3 Å². The SMILES string of the molecule is CC1=NN(C(=O)c2ccccc2Cl)[C@](O)(c2cccnc2)C1. The van der Waals surface area contributed by atoms with Gasteiger partial charge in [0, 0.05) is 30.1 Å². The van der Waals surface area contributed by atoms with Gasteiger partial charge in [-0.05, 0) is 25.1 Å². The summed E-state index contributed by atoms with van der Waals surface area (Å²) in [6.07, 6.45) is 3.37. The molecule has 1 aliphatic rings. The van der Waals surface area contributed by atoms with E-state index in [1.54, 1.807) is 49.5 Å². The first-order chi connectivity index (χ1) is 10.5. The highest BCUT2D eigenvalue weighted by molar-refractivity contribution is 6.33. The van der Waals surface area contributed by atoms with Gasteiger partial charge in [-0.15, -0.1) is 0 Å².